The summed E-state index contributed by atoms with van der Waals surface area (Å²) in [6, 6.07) is 5.93. The molecule has 4 nitrogen and oxygen atoms in total. The SMILES string of the molecule is CN1CCC(n2ncc3c(Br)cccc3c2=O)CC1. The van der Waals surface area contributed by atoms with Crippen molar-refractivity contribution in [2.75, 3.05) is 20.1 Å². The number of benzene rings is 1. The molecular weight excluding hydrogens is 306 g/mol. The van der Waals surface area contributed by atoms with Gasteiger partial charge >= 0.3 is 0 Å². The van der Waals surface area contributed by atoms with Crippen molar-refractivity contribution in [1.29, 1.82) is 0 Å². The molecule has 5 heteroatoms. The molecule has 3 rings (SSSR count). The van der Waals surface area contributed by atoms with Gasteiger partial charge in [-0.1, -0.05) is 22.0 Å². The monoisotopic (exact) mass is 321 g/mol. The fraction of sp³-hybridized carbons (Fsp3) is 0.429. The number of fused-ring (bicyclic) bond motifs is 1. The second kappa shape index (κ2) is 5.06. The van der Waals surface area contributed by atoms with Crippen LogP contribution in [-0.4, -0.2) is 34.8 Å². The third-order valence-corrected chi connectivity index (χ3v) is 4.53. The van der Waals surface area contributed by atoms with E-state index in [9.17, 15) is 4.79 Å². The molecule has 1 fully saturated rings. The Morgan fingerprint density at radius 1 is 1.26 bits per heavy atom. The molecule has 0 bridgehead atoms. The van der Waals surface area contributed by atoms with E-state index in [2.05, 4.69) is 33.0 Å². The first kappa shape index (κ1) is 12.8. The third-order valence-electron chi connectivity index (χ3n) is 3.84. The van der Waals surface area contributed by atoms with Crippen molar-refractivity contribution in [2.45, 2.75) is 18.9 Å². The number of nitrogens with zero attached hydrogens (tertiary/aromatic N) is 3. The molecule has 1 aliphatic rings. The molecular formula is C14H16BrN3O. The predicted octanol–water partition coefficient (Wildman–Crippen LogP) is 2.43. The van der Waals surface area contributed by atoms with Crippen molar-refractivity contribution < 1.29 is 0 Å². The third kappa shape index (κ3) is 2.32. The number of hydrogen-bond acceptors (Lipinski definition) is 3. The topological polar surface area (TPSA) is 38.1 Å². The van der Waals surface area contributed by atoms with Gasteiger partial charge < -0.3 is 4.90 Å². The van der Waals surface area contributed by atoms with E-state index < -0.39 is 0 Å². The Morgan fingerprint density at radius 2 is 2.00 bits per heavy atom. The fourth-order valence-electron chi connectivity index (χ4n) is 2.65. The highest BCUT2D eigenvalue weighted by atomic mass is 79.9. The van der Waals surface area contributed by atoms with Crippen molar-refractivity contribution in [1.82, 2.24) is 14.7 Å². The first-order chi connectivity index (χ1) is 9.16. The molecule has 2 heterocycles. The Bertz CT molecular complexity index is 659. The minimum Gasteiger partial charge on any atom is -0.306 e. The predicted molar refractivity (Wildman–Crippen MR) is 79.5 cm³/mol. The van der Waals surface area contributed by atoms with Gasteiger partial charge in [0, 0.05) is 9.86 Å². The fourth-order valence-corrected chi connectivity index (χ4v) is 3.12. The zero-order valence-electron chi connectivity index (χ0n) is 10.8. The van der Waals surface area contributed by atoms with Gasteiger partial charge in [0.2, 0.25) is 0 Å². The second-order valence-corrected chi connectivity index (χ2v) is 5.98. The molecule has 19 heavy (non-hydrogen) atoms. The van der Waals surface area contributed by atoms with Gasteiger partial charge in [0.15, 0.2) is 0 Å². The molecule has 0 atom stereocenters. The Labute approximate surface area is 120 Å². The van der Waals surface area contributed by atoms with E-state index in [1.54, 1.807) is 10.9 Å². The van der Waals surface area contributed by atoms with Crippen LogP contribution in [0.4, 0.5) is 0 Å². The molecule has 1 aromatic carbocycles. The smallest absolute Gasteiger partial charge is 0.274 e. The number of hydrogen-bond donors (Lipinski definition) is 0. The van der Waals surface area contributed by atoms with Gasteiger partial charge in [0.1, 0.15) is 0 Å². The summed E-state index contributed by atoms with van der Waals surface area (Å²) in [5.41, 5.74) is 0.0216. The van der Waals surface area contributed by atoms with Crippen molar-refractivity contribution in [3.63, 3.8) is 0 Å². The maximum absolute atomic E-state index is 12.5. The average Bonchev–Trinajstić information content (AvgIpc) is 2.42. The summed E-state index contributed by atoms with van der Waals surface area (Å²) < 4.78 is 2.59. The van der Waals surface area contributed by atoms with Crippen LogP contribution in [0.2, 0.25) is 0 Å². The van der Waals surface area contributed by atoms with Crippen LogP contribution in [0.15, 0.2) is 33.7 Å². The van der Waals surface area contributed by atoms with Gasteiger partial charge in [0.25, 0.3) is 5.56 Å². The lowest BCUT2D eigenvalue weighted by atomic mass is 10.1. The number of piperidine rings is 1. The summed E-state index contributed by atoms with van der Waals surface area (Å²) in [5, 5.41) is 6.00. The lowest BCUT2D eigenvalue weighted by molar-refractivity contribution is 0.209. The van der Waals surface area contributed by atoms with Crippen LogP contribution in [-0.2, 0) is 0 Å². The van der Waals surface area contributed by atoms with E-state index in [1.807, 2.05) is 18.2 Å². The molecule has 100 valence electrons. The van der Waals surface area contributed by atoms with E-state index in [0.29, 0.717) is 0 Å². The molecule has 0 radical (unpaired) electrons. The van der Waals surface area contributed by atoms with Crippen LogP contribution in [0.3, 0.4) is 0 Å². The molecule has 1 saturated heterocycles. The Morgan fingerprint density at radius 3 is 2.74 bits per heavy atom. The van der Waals surface area contributed by atoms with Crippen LogP contribution in [0, 0.1) is 0 Å². The summed E-state index contributed by atoms with van der Waals surface area (Å²) in [7, 11) is 2.12. The second-order valence-electron chi connectivity index (χ2n) is 5.13. The van der Waals surface area contributed by atoms with Gasteiger partial charge in [0.05, 0.1) is 17.6 Å². The molecule has 2 aromatic rings. The van der Waals surface area contributed by atoms with E-state index >= 15 is 0 Å². The molecule has 1 aromatic heterocycles. The lowest BCUT2D eigenvalue weighted by Gasteiger charge is -2.29. The van der Waals surface area contributed by atoms with E-state index in [-0.39, 0.29) is 11.6 Å². The summed E-state index contributed by atoms with van der Waals surface area (Å²) in [5.74, 6) is 0. The molecule has 0 N–H and O–H groups in total. The van der Waals surface area contributed by atoms with Crippen LogP contribution in [0.5, 0.6) is 0 Å². The first-order valence-electron chi connectivity index (χ1n) is 6.51. The zero-order chi connectivity index (χ0) is 13.4. The van der Waals surface area contributed by atoms with Crippen molar-refractivity contribution in [3.8, 4) is 0 Å². The number of rotatable bonds is 1. The van der Waals surface area contributed by atoms with E-state index in [4.69, 9.17) is 0 Å². The minimum absolute atomic E-state index is 0.0216. The summed E-state index contributed by atoms with van der Waals surface area (Å²) in [6.45, 7) is 2.05. The Kier molecular flexibility index (Phi) is 3.41. The molecule has 0 aliphatic carbocycles. The summed E-state index contributed by atoms with van der Waals surface area (Å²) >= 11 is 3.46. The summed E-state index contributed by atoms with van der Waals surface area (Å²) in [4.78, 5) is 14.8. The summed E-state index contributed by atoms with van der Waals surface area (Å²) in [6.07, 6.45) is 3.77. The highest BCUT2D eigenvalue weighted by Gasteiger charge is 2.20. The number of aromatic nitrogens is 2. The largest absolute Gasteiger partial charge is 0.306 e. The Hall–Kier alpha value is -1.20. The standard InChI is InChI=1S/C14H16BrN3O/c1-17-7-5-10(6-8-17)18-14(19)11-3-2-4-13(15)12(11)9-16-18/h2-4,9-10H,5-8H2,1H3. The zero-order valence-corrected chi connectivity index (χ0v) is 12.4. The quantitative estimate of drug-likeness (QED) is 0.809. The maximum atomic E-state index is 12.5. The van der Waals surface area contributed by atoms with Gasteiger partial charge in [-0.25, -0.2) is 4.68 Å². The van der Waals surface area contributed by atoms with Crippen molar-refractivity contribution in [3.05, 3.63) is 39.2 Å². The van der Waals surface area contributed by atoms with Crippen LogP contribution >= 0.6 is 15.9 Å². The highest BCUT2D eigenvalue weighted by molar-refractivity contribution is 9.10. The number of halogens is 1. The van der Waals surface area contributed by atoms with Crippen molar-refractivity contribution >= 4 is 26.7 Å². The molecule has 0 amide bonds. The van der Waals surface area contributed by atoms with Gasteiger partial charge in [-0.2, -0.15) is 5.10 Å². The molecule has 0 saturated carbocycles. The normalized spacial score (nSPS) is 18.0. The van der Waals surface area contributed by atoms with Gasteiger partial charge in [-0.05, 0) is 45.1 Å². The van der Waals surface area contributed by atoms with E-state index in [0.717, 1.165) is 41.2 Å². The average molecular weight is 322 g/mol. The van der Waals surface area contributed by atoms with Gasteiger partial charge in [-0.15, -0.1) is 0 Å². The van der Waals surface area contributed by atoms with Crippen LogP contribution in [0.1, 0.15) is 18.9 Å². The molecule has 0 unspecified atom stereocenters. The lowest BCUT2D eigenvalue weighted by Crippen LogP contribution is -2.36. The Balaban J connectivity index is 2.06. The maximum Gasteiger partial charge on any atom is 0.274 e. The van der Waals surface area contributed by atoms with Crippen LogP contribution < -0.4 is 5.56 Å². The van der Waals surface area contributed by atoms with E-state index in [1.165, 1.54) is 0 Å². The first-order valence-corrected chi connectivity index (χ1v) is 7.30. The molecule has 0 spiro atoms. The molecule has 1 aliphatic heterocycles. The number of likely N-dealkylation sites (tertiary alicyclic amines) is 1. The highest BCUT2D eigenvalue weighted by Crippen LogP contribution is 2.23. The van der Waals surface area contributed by atoms with Crippen molar-refractivity contribution in [2.24, 2.45) is 0 Å². The minimum atomic E-state index is 0.0216. The van der Waals surface area contributed by atoms with Crippen LogP contribution in [0.25, 0.3) is 10.8 Å². The van der Waals surface area contributed by atoms with Gasteiger partial charge in [-0.3, -0.25) is 4.79 Å².